The summed E-state index contributed by atoms with van der Waals surface area (Å²) in [7, 11) is 0. The number of ether oxygens (including phenoxy) is 1. The molecule has 0 radical (unpaired) electrons. The highest BCUT2D eigenvalue weighted by molar-refractivity contribution is 5.99. The number of anilines is 1. The van der Waals surface area contributed by atoms with Gasteiger partial charge in [-0.15, -0.1) is 0 Å². The van der Waals surface area contributed by atoms with Crippen molar-refractivity contribution in [1.82, 2.24) is 0 Å². The summed E-state index contributed by atoms with van der Waals surface area (Å²) in [6.45, 7) is 7.50. The molecule has 0 spiro atoms. The van der Waals surface area contributed by atoms with Crippen LogP contribution in [0.25, 0.3) is 0 Å². The van der Waals surface area contributed by atoms with Crippen LogP contribution in [0, 0.1) is 5.82 Å². The van der Waals surface area contributed by atoms with Crippen LogP contribution in [0.5, 0.6) is 0 Å². The minimum Gasteiger partial charge on any atom is -0.377 e. The van der Waals surface area contributed by atoms with Crippen molar-refractivity contribution in [3.05, 3.63) is 29.6 Å². The number of morpholine rings is 1. The van der Waals surface area contributed by atoms with E-state index in [2.05, 4.69) is 18.7 Å². The Labute approximate surface area is 107 Å². The van der Waals surface area contributed by atoms with Crippen LogP contribution in [0.2, 0.25) is 0 Å². The molecule has 0 unspecified atom stereocenters. The van der Waals surface area contributed by atoms with E-state index in [0.717, 1.165) is 5.69 Å². The zero-order chi connectivity index (χ0) is 13.3. The van der Waals surface area contributed by atoms with Crippen LogP contribution < -0.4 is 4.90 Å². The normalized spacial score (nSPS) is 18.8. The van der Waals surface area contributed by atoms with Gasteiger partial charge in [0.05, 0.1) is 18.8 Å². The lowest BCUT2D eigenvalue weighted by Gasteiger charge is -2.44. The van der Waals surface area contributed by atoms with E-state index in [1.807, 2.05) is 0 Å². The molecular formula is C14H18FNO2. The number of benzene rings is 1. The minimum atomic E-state index is -0.380. The summed E-state index contributed by atoms with van der Waals surface area (Å²) in [5, 5.41) is 0. The number of Topliss-reactive ketones (excluding diaryl/α,β-unsaturated/α-hetero) is 1. The Bertz CT molecular complexity index is 471. The topological polar surface area (TPSA) is 29.5 Å². The third-order valence-electron chi connectivity index (χ3n) is 3.27. The molecule has 1 aliphatic rings. The molecule has 4 heteroatoms. The smallest absolute Gasteiger partial charge is 0.161 e. The molecule has 0 amide bonds. The van der Waals surface area contributed by atoms with Crippen LogP contribution in [0.15, 0.2) is 18.2 Å². The number of halogens is 1. The highest BCUT2D eigenvalue weighted by atomic mass is 19.1. The minimum absolute atomic E-state index is 0.119. The Hall–Kier alpha value is -1.42. The molecule has 0 saturated carbocycles. The average molecular weight is 251 g/mol. The Morgan fingerprint density at radius 2 is 2.17 bits per heavy atom. The van der Waals surface area contributed by atoms with Crippen LogP contribution in [0.4, 0.5) is 10.1 Å². The molecule has 1 fully saturated rings. The van der Waals surface area contributed by atoms with Crippen molar-refractivity contribution in [2.24, 2.45) is 0 Å². The first-order chi connectivity index (χ1) is 8.42. The number of ketones is 1. The van der Waals surface area contributed by atoms with E-state index >= 15 is 0 Å². The molecule has 0 atom stereocenters. The van der Waals surface area contributed by atoms with Crippen LogP contribution in [0.3, 0.4) is 0 Å². The van der Waals surface area contributed by atoms with Gasteiger partial charge in [0, 0.05) is 17.8 Å². The third kappa shape index (κ3) is 2.38. The Morgan fingerprint density at radius 1 is 1.44 bits per heavy atom. The fourth-order valence-corrected chi connectivity index (χ4v) is 2.33. The van der Waals surface area contributed by atoms with E-state index < -0.39 is 0 Å². The van der Waals surface area contributed by atoms with Crippen molar-refractivity contribution in [3.63, 3.8) is 0 Å². The monoisotopic (exact) mass is 251 g/mol. The van der Waals surface area contributed by atoms with Gasteiger partial charge in [-0.25, -0.2) is 4.39 Å². The first-order valence-corrected chi connectivity index (χ1v) is 6.08. The predicted octanol–water partition coefficient (Wildman–Crippen LogP) is 2.64. The van der Waals surface area contributed by atoms with E-state index in [1.54, 1.807) is 6.07 Å². The summed E-state index contributed by atoms with van der Waals surface area (Å²) in [4.78, 5) is 13.8. The molecule has 98 valence electrons. The molecule has 0 N–H and O–H groups in total. The number of hydrogen-bond donors (Lipinski definition) is 0. The second-order valence-electron chi connectivity index (χ2n) is 5.23. The van der Waals surface area contributed by atoms with E-state index in [9.17, 15) is 9.18 Å². The summed E-state index contributed by atoms with van der Waals surface area (Å²) in [5.41, 5.74) is 1.03. The Balaban J connectivity index is 2.46. The van der Waals surface area contributed by atoms with Crippen molar-refractivity contribution >= 4 is 11.5 Å². The van der Waals surface area contributed by atoms with Crippen LogP contribution in [0.1, 0.15) is 31.1 Å². The molecule has 2 rings (SSSR count). The van der Waals surface area contributed by atoms with E-state index in [0.29, 0.717) is 25.3 Å². The van der Waals surface area contributed by atoms with Gasteiger partial charge in [0.25, 0.3) is 0 Å². The van der Waals surface area contributed by atoms with Gasteiger partial charge < -0.3 is 9.64 Å². The molecule has 0 aromatic heterocycles. The molecule has 0 aliphatic carbocycles. The van der Waals surface area contributed by atoms with Gasteiger partial charge in [-0.3, -0.25) is 4.79 Å². The highest BCUT2D eigenvalue weighted by Gasteiger charge is 2.32. The molecule has 18 heavy (non-hydrogen) atoms. The molecule has 1 aromatic rings. The maximum atomic E-state index is 13.3. The lowest BCUT2D eigenvalue weighted by Crippen LogP contribution is -2.53. The average Bonchev–Trinajstić information content (AvgIpc) is 2.29. The number of rotatable bonds is 2. The summed E-state index contributed by atoms with van der Waals surface area (Å²) in [6.07, 6.45) is 0. The molecule has 1 aromatic carbocycles. The summed E-state index contributed by atoms with van der Waals surface area (Å²) in [5.74, 6) is -0.498. The number of carbonyl (C=O) groups excluding carboxylic acids is 1. The van der Waals surface area contributed by atoms with Crippen LogP contribution >= 0.6 is 0 Å². The maximum Gasteiger partial charge on any atom is 0.161 e. The van der Waals surface area contributed by atoms with Gasteiger partial charge in [-0.2, -0.15) is 0 Å². The second kappa shape index (κ2) is 4.69. The second-order valence-corrected chi connectivity index (χ2v) is 5.23. The molecule has 0 bridgehead atoms. The summed E-state index contributed by atoms with van der Waals surface area (Å²) >= 11 is 0. The fraction of sp³-hybridized carbons (Fsp3) is 0.500. The van der Waals surface area contributed by atoms with Gasteiger partial charge >= 0.3 is 0 Å². The van der Waals surface area contributed by atoms with E-state index in [4.69, 9.17) is 4.74 Å². The Kier molecular flexibility index (Phi) is 3.39. The van der Waals surface area contributed by atoms with Gasteiger partial charge in [0.15, 0.2) is 5.78 Å². The largest absolute Gasteiger partial charge is 0.377 e. The molecule has 1 saturated heterocycles. The van der Waals surface area contributed by atoms with E-state index in [1.165, 1.54) is 19.1 Å². The van der Waals surface area contributed by atoms with Crippen molar-refractivity contribution in [3.8, 4) is 0 Å². The Morgan fingerprint density at radius 3 is 2.78 bits per heavy atom. The predicted molar refractivity (Wildman–Crippen MR) is 68.6 cm³/mol. The summed E-state index contributed by atoms with van der Waals surface area (Å²) < 4.78 is 18.7. The van der Waals surface area contributed by atoms with Gasteiger partial charge in [0.2, 0.25) is 0 Å². The van der Waals surface area contributed by atoms with Crippen molar-refractivity contribution in [1.29, 1.82) is 0 Å². The highest BCUT2D eigenvalue weighted by Crippen LogP contribution is 2.30. The zero-order valence-corrected chi connectivity index (χ0v) is 11.0. The fourth-order valence-electron chi connectivity index (χ4n) is 2.33. The lowest BCUT2D eigenvalue weighted by atomic mass is 9.98. The zero-order valence-electron chi connectivity index (χ0n) is 11.0. The van der Waals surface area contributed by atoms with Crippen LogP contribution in [-0.2, 0) is 4.74 Å². The number of nitrogens with zero attached hydrogens (tertiary/aromatic N) is 1. The third-order valence-corrected chi connectivity index (χ3v) is 3.27. The standard InChI is InChI=1S/C14H18FNO2/c1-10(17)12-8-11(15)4-5-13(12)16-6-7-18-9-14(16,2)3/h4-5,8H,6-7,9H2,1-3H3. The summed E-state index contributed by atoms with van der Waals surface area (Å²) in [6, 6.07) is 4.38. The molecule has 1 heterocycles. The molecule has 3 nitrogen and oxygen atoms in total. The number of hydrogen-bond acceptors (Lipinski definition) is 3. The first kappa shape index (κ1) is 13.0. The molecular weight excluding hydrogens is 233 g/mol. The van der Waals surface area contributed by atoms with Gasteiger partial charge in [0.1, 0.15) is 5.82 Å². The van der Waals surface area contributed by atoms with E-state index in [-0.39, 0.29) is 17.1 Å². The van der Waals surface area contributed by atoms with Crippen molar-refractivity contribution in [2.75, 3.05) is 24.7 Å². The molecule has 1 aliphatic heterocycles. The number of carbonyl (C=O) groups is 1. The SMILES string of the molecule is CC(=O)c1cc(F)ccc1N1CCOCC1(C)C. The maximum absolute atomic E-state index is 13.3. The van der Waals surface area contributed by atoms with Crippen molar-refractivity contribution in [2.45, 2.75) is 26.3 Å². The van der Waals surface area contributed by atoms with Gasteiger partial charge in [-0.05, 0) is 39.0 Å². The quantitative estimate of drug-likeness (QED) is 0.757. The first-order valence-electron chi connectivity index (χ1n) is 6.08. The van der Waals surface area contributed by atoms with Crippen molar-refractivity contribution < 1.29 is 13.9 Å². The van der Waals surface area contributed by atoms with Crippen LogP contribution in [-0.4, -0.2) is 31.1 Å². The lowest BCUT2D eigenvalue weighted by molar-refractivity contribution is 0.0642. The van der Waals surface area contributed by atoms with Gasteiger partial charge in [-0.1, -0.05) is 0 Å².